The second-order valence-corrected chi connectivity index (χ2v) is 7.86. The van der Waals surface area contributed by atoms with Crippen LogP contribution in [-0.2, 0) is 20.5 Å². The summed E-state index contributed by atoms with van der Waals surface area (Å²) in [5, 5.41) is 15.1. The van der Waals surface area contributed by atoms with Crippen LogP contribution < -0.4 is 10.6 Å². The lowest BCUT2D eigenvalue weighted by atomic mass is 10.1. The van der Waals surface area contributed by atoms with Gasteiger partial charge in [0.25, 0.3) is 17.5 Å². The van der Waals surface area contributed by atoms with Crippen molar-refractivity contribution in [2.75, 3.05) is 11.9 Å². The highest BCUT2D eigenvalue weighted by atomic mass is 35.5. The largest absolute Gasteiger partial charge is 0.446 e. The molecule has 0 spiro atoms. The fourth-order valence-corrected chi connectivity index (χ4v) is 3.22. The van der Waals surface area contributed by atoms with E-state index in [0.29, 0.717) is 6.07 Å². The van der Waals surface area contributed by atoms with Crippen LogP contribution in [0.3, 0.4) is 0 Å². The number of anilines is 1. The number of nitrogens with one attached hydrogen (secondary N) is 2. The van der Waals surface area contributed by atoms with Crippen molar-refractivity contribution in [2.45, 2.75) is 12.3 Å². The second-order valence-electron chi connectivity index (χ2n) is 7.45. The monoisotopic (exact) mass is 535 g/mol. The van der Waals surface area contributed by atoms with Gasteiger partial charge in [-0.3, -0.25) is 24.5 Å². The van der Waals surface area contributed by atoms with Gasteiger partial charge in [0.15, 0.2) is 0 Å². The third kappa shape index (κ3) is 7.27. The smallest absolute Gasteiger partial charge is 0.416 e. The molecule has 0 bridgehead atoms. The summed E-state index contributed by atoms with van der Waals surface area (Å²) < 4.78 is 44.4. The minimum Gasteiger partial charge on any atom is -0.446 e. The van der Waals surface area contributed by atoms with Gasteiger partial charge in [0.1, 0.15) is 6.54 Å². The van der Waals surface area contributed by atoms with Crippen molar-refractivity contribution in [2.24, 2.45) is 0 Å². The van der Waals surface area contributed by atoms with E-state index in [0.717, 1.165) is 24.3 Å². The molecule has 2 N–H and O–H groups in total. The van der Waals surface area contributed by atoms with Crippen LogP contribution >= 0.6 is 11.6 Å². The van der Waals surface area contributed by atoms with Crippen molar-refractivity contribution in [1.29, 1.82) is 0 Å². The molecule has 0 heterocycles. The van der Waals surface area contributed by atoms with Crippen molar-refractivity contribution in [3.05, 3.63) is 105 Å². The third-order valence-electron chi connectivity index (χ3n) is 4.87. The van der Waals surface area contributed by atoms with E-state index in [4.69, 9.17) is 16.3 Å². The molecule has 37 heavy (non-hydrogen) atoms. The zero-order valence-electron chi connectivity index (χ0n) is 18.6. The van der Waals surface area contributed by atoms with Crippen LogP contribution in [0.25, 0.3) is 0 Å². The van der Waals surface area contributed by atoms with E-state index in [1.54, 1.807) is 18.2 Å². The lowest BCUT2D eigenvalue weighted by molar-refractivity contribution is -0.384. The highest BCUT2D eigenvalue weighted by molar-refractivity contribution is 6.33. The predicted molar refractivity (Wildman–Crippen MR) is 126 cm³/mol. The van der Waals surface area contributed by atoms with Crippen molar-refractivity contribution < 1.29 is 37.2 Å². The molecule has 0 fully saturated rings. The van der Waals surface area contributed by atoms with Crippen molar-refractivity contribution >= 4 is 40.8 Å². The van der Waals surface area contributed by atoms with Crippen molar-refractivity contribution in [3.63, 3.8) is 0 Å². The molecule has 3 rings (SSSR count). The molecule has 0 aromatic heterocycles. The van der Waals surface area contributed by atoms with Gasteiger partial charge in [-0.25, -0.2) is 0 Å². The van der Waals surface area contributed by atoms with E-state index in [9.17, 15) is 37.7 Å². The first kappa shape index (κ1) is 27.1. The molecular formula is C24H17ClF3N3O6. The number of hydrogen-bond acceptors (Lipinski definition) is 6. The number of ether oxygens (including phenoxy) is 1. The first-order valence-electron chi connectivity index (χ1n) is 10.4. The summed E-state index contributed by atoms with van der Waals surface area (Å²) in [5.74, 6) is -2.75. The number of rotatable bonds is 8. The fourth-order valence-electron chi connectivity index (χ4n) is 3.06. The minimum absolute atomic E-state index is 0.0370. The van der Waals surface area contributed by atoms with Gasteiger partial charge in [0, 0.05) is 23.3 Å². The Kier molecular flexibility index (Phi) is 8.45. The number of nitro groups is 1. The van der Waals surface area contributed by atoms with E-state index in [1.807, 2.05) is 0 Å². The summed E-state index contributed by atoms with van der Waals surface area (Å²) in [7, 11) is 0. The quantitative estimate of drug-likeness (QED) is 0.239. The Morgan fingerprint density at radius 1 is 1.00 bits per heavy atom. The summed E-state index contributed by atoms with van der Waals surface area (Å²) in [6, 6.07) is 14.6. The number of amides is 2. The second kappa shape index (κ2) is 11.5. The maximum atomic E-state index is 13.1. The van der Waals surface area contributed by atoms with Gasteiger partial charge >= 0.3 is 12.1 Å². The van der Waals surface area contributed by atoms with E-state index < -0.39 is 47.1 Å². The maximum absolute atomic E-state index is 13.1. The molecule has 3 aromatic carbocycles. The van der Waals surface area contributed by atoms with E-state index in [2.05, 4.69) is 10.6 Å². The summed E-state index contributed by atoms with van der Waals surface area (Å²) in [4.78, 5) is 47.7. The van der Waals surface area contributed by atoms with Crippen molar-refractivity contribution in [3.8, 4) is 0 Å². The zero-order chi connectivity index (χ0) is 27.2. The van der Waals surface area contributed by atoms with Crippen molar-refractivity contribution in [1.82, 2.24) is 5.32 Å². The van der Waals surface area contributed by atoms with Gasteiger partial charge in [0.2, 0.25) is 6.10 Å². The topological polar surface area (TPSA) is 128 Å². The Hall–Kier alpha value is -4.45. The molecular weight excluding hydrogens is 519 g/mol. The van der Waals surface area contributed by atoms with Crippen LogP contribution in [0.5, 0.6) is 0 Å². The van der Waals surface area contributed by atoms with Crippen LogP contribution in [0, 0.1) is 10.1 Å². The molecule has 1 atom stereocenters. The summed E-state index contributed by atoms with van der Waals surface area (Å²) in [6.07, 6.45) is -6.27. The fraction of sp³-hybridized carbons (Fsp3) is 0.125. The molecule has 0 saturated heterocycles. The van der Waals surface area contributed by atoms with Crippen LogP contribution in [0.4, 0.5) is 24.5 Å². The average molecular weight is 536 g/mol. The molecule has 1 unspecified atom stereocenters. The number of benzene rings is 3. The van der Waals surface area contributed by atoms with Gasteiger partial charge in [0.05, 0.1) is 21.2 Å². The Bertz CT molecular complexity index is 1320. The first-order chi connectivity index (χ1) is 17.5. The van der Waals surface area contributed by atoms with Gasteiger partial charge in [-0.2, -0.15) is 13.2 Å². The van der Waals surface area contributed by atoms with Crippen LogP contribution in [0.1, 0.15) is 27.6 Å². The molecule has 0 aliphatic heterocycles. The number of esters is 1. The van der Waals surface area contributed by atoms with E-state index >= 15 is 0 Å². The Balaban J connectivity index is 1.72. The van der Waals surface area contributed by atoms with Gasteiger partial charge in [-0.1, -0.05) is 41.9 Å². The number of carbonyl (C=O) groups excluding carboxylic acids is 3. The molecule has 9 nitrogen and oxygen atoms in total. The van der Waals surface area contributed by atoms with Crippen LogP contribution in [0.2, 0.25) is 5.02 Å². The van der Waals surface area contributed by atoms with Crippen LogP contribution in [0.15, 0.2) is 72.8 Å². The Labute approximate surface area is 212 Å². The number of nitro benzene ring substituents is 1. The average Bonchev–Trinajstić information content (AvgIpc) is 2.87. The molecule has 13 heteroatoms. The van der Waals surface area contributed by atoms with Gasteiger partial charge in [-0.05, 0) is 30.3 Å². The summed E-state index contributed by atoms with van der Waals surface area (Å²) in [5.41, 5.74) is -1.37. The summed E-state index contributed by atoms with van der Waals surface area (Å²) in [6.45, 7) is -0.670. The van der Waals surface area contributed by atoms with Gasteiger partial charge < -0.3 is 15.4 Å². The van der Waals surface area contributed by atoms with Gasteiger partial charge in [-0.15, -0.1) is 0 Å². The maximum Gasteiger partial charge on any atom is 0.416 e. The number of carbonyl (C=O) groups is 3. The van der Waals surface area contributed by atoms with E-state index in [-0.39, 0.29) is 27.5 Å². The standard InChI is InChI=1S/C24H17ClF3N3O6/c25-18-11-8-16(24(26,27)28)12-19(18)30-23(34)21(14-4-2-1-3-5-14)37-20(32)13-29-22(33)15-6-9-17(10-7-15)31(35)36/h1-12,21H,13H2,(H,29,33)(H,30,34). The predicted octanol–water partition coefficient (Wildman–Crippen LogP) is 4.92. The number of halogens is 4. The minimum atomic E-state index is -4.68. The number of nitrogens with zero attached hydrogens (tertiary/aromatic N) is 1. The Morgan fingerprint density at radius 2 is 1.65 bits per heavy atom. The molecule has 0 aliphatic carbocycles. The Morgan fingerprint density at radius 3 is 2.24 bits per heavy atom. The molecule has 0 aliphatic rings. The van der Waals surface area contributed by atoms with E-state index in [1.165, 1.54) is 24.3 Å². The number of alkyl halides is 3. The highest BCUT2D eigenvalue weighted by Gasteiger charge is 2.32. The molecule has 2 amide bonds. The summed E-state index contributed by atoms with van der Waals surface area (Å²) >= 11 is 5.94. The first-order valence-corrected chi connectivity index (χ1v) is 10.8. The molecule has 0 saturated carbocycles. The van der Waals surface area contributed by atoms with Crippen LogP contribution in [-0.4, -0.2) is 29.3 Å². The number of hydrogen-bond donors (Lipinski definition) is 2. The third-order valence-corrected chi connectivity index (χ3v) is 5.20. The zero-order valence-corrected chi connectivity index (χ0v) is 19.4. The molecule has 192 valence electrons. The SMILES string of the molecule is O=C(CNC(=O)c1ccc([N+](=O)[O-])cc1)OC(C(=O)Nc1cc(C(F)(F)F)ccc1Cl)c1ccccc1. The normalized spacial score (nSPS) is 11.8. The number of non-ortho nitro benzene ring substituents is 1. The lowest BCUT2D eigenvalue weighted by Gasteiger charge is -2.19. The lowest BCUT2D eigenvalue weighted by Crippen LogP contribution is -2.33. The molecule has 3 aromatic rings. The highest BCUT2D eigenvalue weighted by Crippen LogP contribution is 2.34. The molecule has 0 radical (unpaired) electrons.